The zero-order valence-corrected chi connectivity index (χ0v) is 12.6. The Morgan fingerprint density at radius 3 is 2.44 bits per heavy atom. The van der Waals surface area contributed by atoms with Crippen LogP contribution in [0.25, 0.3) is 0 Å². The van der Waals surface area contributed by atoms with E-state index >= 15 is 0 Å². The van der Waals surface area contributed by atoms with Crippen LogP contribution in [-0.2, 0) is 0 Å². The molecule has 0 aromatic rings. The van der Waals surface area contributed by atoms with E-state index in [-0.39, 0.29) is 0 Å². The molecule has 0 aromatic carbocycles. The maximum Gasteiger partial charge on any atom is 0.0622 e. The quantitative estimate of drug-likeness (QED) is 0.715. The van der Waals surface area contributed by atoms with Gasteiger partial charge in [0.05, 0.1) is 5.60 Å². The summed E-state index contributed by atoms with van der Waals surface area (Å²) in [4.78, 5) is 0. The van der Waals surface area contributed by atoms with Gasteiger partial charge >= 0.3 is 0 Å². The third kappa shape index (κ3) is 2.42. The van der Waals surface area contributed by atoms with E-state index in [9.17, 15) is 5.11 Å². The van der Waals surface area contributed by atoms with Crippen molar-refractivity contribution in [1.29, 1.82) is 0 Å². The maximum absolute atomic E-state index is 10.2. The monoisotopic (exact) mass is 248 g/mol. The fraction of sp³-hybridized carbons (Fsp3) is 0.765. The minimum atomic E-state index is -0.537. The first-order chi connectivity index (χ1) is 8.23. The van der Waals surface area contributed by atoms with Crippen LogP contribution in [0.5, 0.6) is 0 Å². The number of aliphatic hydroxyl groups is 1. The molecule has 1 heteroatoms. The smallest absolute Gasteiger partial charge is 0.0622 e. The van der Waals surface area contributed by atoms with Gasteiger partial charge in [-0.1, -0.05) is 37.1 Å². The van der Waals surface area contributed by atoms with Crippen molar-refractivity contribution in [2.24, 2.45) is 17.3 Å². The molecule has 0 saturated carbocycles. The minimum Gasteiger partial charge on any atom is -0.390 e. The van der Waals surface area contributed by atoms with E-state index in [0.29, 0.717) is 17.3 Å². The minimum absolute atomic E-state index is 0.299. The van der Waals surface area contributed by atoms with E-state index in [1.165, 1.54) is 12.0 Å². The SMILES string of the molecule is CC1=CCC(C2=CCCC(C(C)(C)O)C2)C1(C)C. The Kier molecular flexibility index (Phi) is 3.48. The average Bonchev–Trinajstić information content (AvgIpc) is 2.53. The van der Waals surface area contributed by atoms with E-state index in [2.05, 4.69) is 32.9 Å². The number of allylic oxidation sites excluding steroid dienone is 4. The summed E-state index contributed by atoms with van der Waals surface area (Å²) in [5, 5.41) is 10.2. The Morgan fingerprint density at radius 2 is 1.94 bits per heavy atom. The van der Waals surface area contributed by atoms with Gasteiger partial charge in [0.15, 0.2) is 0 Å². The van der Waals surface area contributed by atoms with E-state index in [4.69, 9.17) is 0 Å². The molecule has 2 atom stereocenters. The predicted octanol–water partition coefficient (Wildman–Crippen LogP) is 4.48. The normalized spacial score (nSPS) is 32.1. The summed E-state index contributed by atoms with van der Waals surface area (Å²) in [6, 6.07) is 0. The lowest BCUT2D eigenvalue weighted by Crippen LogP contribution is -2.34. The molecule has 0 bridgehead atoms. The molecule has 2 unspecified atom stereocenters. The lowest BCUT2D eigenvalue weighted by Gasteiger charge is -2.38. The molecule has 2 aliphatic rings. The van der Waals surface area contributed by atoms with E-state index in [0.717, 1.165) is 19.3 Å². The summed E-state index contributed by atoms with van der Waals surface area (Å²) in [5.74, 6) is 1.08. The molecule has 2 aliphatic carbocycles. The Balaban J connectivity index is 2.14. The molecule has 0 spiro atoms. The Labute approximate surface area is 112 Å². The molecule has 0 fully saturated rings. The van der Waals surface area contributed by atoms with Gasteiger partial charge in [-0.05, 0) is 63.7 Å². The molecular formula is C17H28O. The van der Waals surface area contributed by atoms with Crippen molar-refractivity contribution in [2.75, 3.05) is 0 Å². The van der Waals surface area contributed by atoms with Crippen LogP contribution in [0.15, 0.2) is 23.3 Å². The first-order valence-corrected chi connectivity index (χ1v) is 7.31. The van der Waals surface area contributed by atoms with Crippen molar-refractivity contribution in [3.8, 4) is 0 Å². The summed E-state index contributed by atoms with van der Waals surface area (Å²) >= 11 is 0. The molecule has 102 valence electrons. The van der Waals surface area contributed by atoms with Crippen molar-refractivity contribution >= 4 is 0 Å². The summed E-state index contributed by atoms with van der Waals surface area (Å²) < 4.78 is 0. The van der Waals surface area contributed by atoms with E-state index in [1.54, 1.807) is 5.57 Å². The third-order valence-electron chi connectivity index (χ3n) is 5.40. The van der Waals surface area contributed by atoms with Gasteiger partial charge in [0.25, 0.3) is 0 Å². The highest BCUT2D eigenvalue weighted by Gasteiger charge is 2.39. The lowest BCUT2D eigenvalue weighted by atomic mass is 9.68. The predicted molar refractivity (Wildman–Crippen MR) is 77.4 cm³/mol. The van der Waals surface area contributed by atoms with Crippen molar-refractivity contribution in [3.63, 3.8) is 0 Å². The first kappa shape index (κ1) is 13.9. The van der Waals surface area contributed by atoms with Crippen LogP contribution in [0.2, 0.25) is 0 Å². The van der Waals surface area contributed by atoms with Gasteiger partial charge in [-0.15, -0.1) is 0 Å². The Morgan fingerprint density at radius 1 is 1.28 bits per heavy atom. The highest BCUT2D eigenvalue weighted by Crippen LogP contribution is 2.49. The van der Waals surface area contributed by atoms with Crippen LogP contribution in [0, 0.1) is 17.3 Å². The molecule has 0 radical (unpaired) electrons. The number of hydrogen-bond acceptors (Lipinski definition) is 1. The van der Waals surface area contributed by atoms with Gasteiger partial charge in [-0.2, -0.15) is 0 Å². The van der Waals surface area contributed by atoms with Crippen LogP contribution in [0.3, 0.4) is 0 Å². The summed E-state index contributed by atoms with van der Waals surface area (Å²) in [5.41, 5.74) is 2.88. The highest BCUT2D eigenvalue weighted by atomic mass is 16.3. The fourth-order valence-electron chi connectivity index (χ4n) is 3.57. The van der Waals surface area contributed by atoms with Crippen molar-refractivity contribution in [2.45, 2.75) is 65.9 Å². The highest BCUT2D eigenvalue weighted by molar-refractivity contribution is 5.28. The summed E-state index contributed by atoms with van der Waals surface area (Å²) in [7, 11) is 0. The molecule has 1 N–H and O–H groups in total. The van der Waals surface area contributed by atoms with Gasteiger partial charge in [0.2, 0.25) is 0 Å². The van der Waals surface area contributed by atoms with Crippen LogP contribution >= 0.6 is 0 Å². The van der Waals surface area contributed by atoms with Crippen LogP contribution in [-0.4, -0.2) is 10.7 Å². The van der Waals surface area contributed by atoms with Crippen molar-refractivity contribution in [1.82, 2.24) is 0 Å². The summed E-state index contributed by atoms with van der Waals surface area (Å²) in [6.45, 7) is 10.9. The standard InChI is InChI=1S/C17H28O/c1-12-9-10-15(16(12,2)3)13-7-6-8-14(11-13)17(4,5)18/h7,9,14-15,18H,6,8,10-11H2,1-5H3. The number of hydrogen-bond donors (Lipinski definition) is 1. The molecule has 0 heterocycles. The summed E-state index contributed by atoms with van der Waals surface area (Å²) in [6.07, 6.45) is 9.38. The molecule has 0 saturated heterocycles. The molecule has 2 rings (SSSR count). The van der Waals surface area contributed by atoms with E-state index in [1.807, 2.05) is 13.8 Å². The molecular weight excluding hydrogens is 220 g/mol. The van der Waals surface area contributed by atoms with Gasteiger partial charge in [-0.3, -0.25) is 0 Å². The second kappa shape index (κ2) is 4.52. The lowest BCUT2D eigenvalue weighted by molar-refractivity contribution is 0.00977. The second-order valence-corrected chi connectivity index (χ2v) is 7.31. The third-order valence-corrected chi connectivity index (χ3v) is 5.40. The Bertz CT molecular complexity index is 379. The fourth-order valence-corrected chi connectivity index (χ4v) is 3.57. The van der Waals surface area contributed by atoms with Crippen LogP contribution in [0.4, 0.5) is 0 Å². The molecule has 0 amide bonds. The van der Waals surface area contributed by atoms with Crippen molar-refractivity contribution < 1.29 is 5.11 Å². The van der Waals surface area contributed by atoms with Gasteiger partial charge in [0.1, 0.15) is 0 Å². The largest absolute Gasteiger partial charge is 0.390 e. The molecule has 18 heavy (non-hydrogen) atoms. The van der Waals surface area contributed by atoms with Gasteiger partial charge in [-0.25, -0.2) is 0 Å². The van der Waals surface area contributed by atoms with E-state index < -0.39 is 5.60 Å². The van der Waals surface area contributed by atoms with Crippen LogP contribution < -0.4 is 0 Å². The zero-order valence-electron chi connectivity index (χ0n) is 12.6. The maximum atomic E-state index is 10.2. The molecule has 1 nitrogen and oxygen atoms in total. The molecule has 0 aliphatic heterocycles. The zero-order chi connectivity index (χ0) is 13.6. The average molecular weight is 248 g/mol. The second-order valence-electron chi connectivity index (χ2n) is 7.31. The number of rotatable bonds is 2. The molecule has 0 aromatic heterocycles. The van der Waals surface area contributed by atoms with Crippen LogP contribution in [0.1, 0.15) is 60.3 Å². The first-order valence-electron chi connectivity index (χ1n) is 7.31. The topological polar surface area (TPSA) is 20.2 Å². The van der Waals surface area contributed by atoms with Crippen molar-refractivity contribution in [3.05, 3.63) is 23.3 Å². The van der Waals surface area contributed by atoms with Gasteiger partial charge < -0.3 is 5.11 Å². The Hall–Kier alpha value is -0.560. The van der Waals surface area contributed by atoms with Gasteiger partial charge in [0, 0.05) is 0 Å².